The first-order valence-corrected chi connectivity index (χ1v) is 30.8. The van der Waals surface area contributed by atoms with Crippen molar-refractivity contribution in [3.05, 3.63) is 122 Å². The van der Waals surface area contributed by atoms with Crippen LogP contribution >= 0.6 is 7.82 Å². The van der Waals surface area contributed by atoms with E-state index in [-0.39, 0.29) is 19.1 Å². The number of rotatable bonds is 52. The third-order valence-electron chi connectivity index (χ3n) is 12.5. The van der Waals surface area contributed by atoms with Gasteiger partial charge in [-0.3, -0.25) is 9.36 Å². The normalized spacial score (nSPS) is 14.8. The maximum Gasteiger partial charge on any atom is 0.268 e. The third kappa shape index (κ3) is 56.5. The Kier molecular flexibility index (Phi) is 51.4. The molecule has 1 amide bonds. The van der Waals surface area contributed by atoms with Crippen molar-refractivity contribution >= 4 is 13.7 Å². The number of carbonyl (C=O) groups excluding carboxylic acids is 1. The number of phosphoric acid groups is 1. The van der Waals surface area contributed by atoms with Crippen molar-refractivity contribution in [1.29, 1.82) is 0 Å². The molecule has 0 saturated carbocycles. The van der Waals surface area contributed by atoms with Gasteiger partial charge in [0, 0.05) is 6.42 Å². The van der Waals surface area contributed by atoms with Crippen molar-refractivity contribution in [3.63, 3.8) is 0 Å². The summed E-state index contributed by atoms with van der Waals surface area (Å²) in [7, 11) is 1.27. The molecular formula is C64H111N2O6P. The van der Waals surface area contributed by atoms with Crippen molar-refractivity contribution in [2.75, 3.05) is 40.9 Å². The molecule has 0 bridgehead atoms. The number of quaternary nitrogens is 1. The highest BCUT2D eigenvalue weighted by Gasteiger charge is 2.24. The molecule has 0 rings (SSSR count). The van der Waals surface area contributed by atoms with Gasteiger partial charge in [-0.2, -0.15) is 0 Å². The summed E-state index contributed by atoms with van der Waals surface area (Å²) in [6, 6.07) is -0.824. The Morgan fingerprint density at radius 1 is 0.493 bits per heavy atom. The van der Waals surface area contributed by atoms with Gasteiger partial charge in [-0.05, 0) is 89.9 Å². The smallest absolute Gasteiger partial charge is 0.268 e. The van der Waals surface area contributed by atoms with E-state index < -0.39 is 20.0 Å². The van der Waals surface area contributed by atoms with E-state index in [0.29, 0.717) is 23.9 Å². The lowest BCUT2D eigenvalue weighted by Gasteiger charge is -2.30. The molecule has 0 aromatic heterocycles. The molecule has 0 fully saturated rings. The molecule has 0 aliphatic rings. The highest BCUT2D eigenvalue weighted by Crippen LogP contribution is 2.38. The molecule has 9 heteroatoms. The highest BCUT2D eigenvalue weighted by molar-refractivity contribution is 7.45. The first kappa shape index (κ1) is 69.9. The lowest BCUT2D eigenvalue weighted by molar-refractivity contribution is -0.870. The van der Waals surface area contributed by atoms with Gasteiger partial charge in [0.1, 0.15) is 13.2 Å². The van der Waals surface area contributed by atoms with Crippen LogP contribution in [0.15, 0.2) is 122 Å². The van der Waals surface area contributed by atoms with Gasteiger partial charge in [0.2, 0.25) is 5.91 Å². The minimum atomic E-state index is -4.59. The maximum absolute atomic E-state index is 13.0. The van der Waals surface area contributed by atoms with Gasteiger partial charge in [0.25, 0.3) is 7.82 Å². The van der Waals surface area contributed by atoms with E-state index in [0.717, 1.165) is 116 Å². The van der Waals surface area contributed by atoms with Gasteiger partial charge in [-0.25, -0.2) is 0 Å². The number of allylic oxidation sites excluding steroid dienone is 20. The number of amides is 1. The SMILES string of the molecule is CC/C=C\C/C=C\C/C=C\C/C=C\C/C=C\C/C=C\C/C=C\C/C=C\C/C=C\C/C=C\CCCCCCC(=O)NC(COP(=O)([O-])OCC[N+](C)(C)C)C(O)CCCCCCCCCCCCCCCCCC. The number of likely N-dealkylation sites (N-methyl/N-ethyl adjacent to an activating group) is 1. The van der Waals surface area contributed by atoms with Gasteiger partial charge < -0.3 is 28.8 Å². The summed E-state index contributed by atoms with van der Waals surface area (Å²) in [5, 5.41) is 14.0. The predicted octanol–water partition coefficient (Wildman–Crippen LogP) is 17.5. The van der Waals surface area contributed by atoms with Crippen LogP contribution in [-0.4, -0.2) is 68.5 Å². The zero-order chi connectivity index (χ0) is 53.5. The predicted molar refractivity (Wildman–Crippen MR) is 315 cm³/mol. The number of phosphoric ester groups is 1. The Morgan fingerprint density at radius 3 is 1.22 bits per heavy atom. The van der Waals surface area contributed by atoms with Crippen LogP contribution in [0.5, 0.6) is 0 Å². The van der Waals surface area contributed by atoms with Gasteiger partial charge in [-0.15, -0.1) is 0 Å². The largest absolute Gasteiger partial charge is 0.756 e. The van der Waals surface area contributed by atoms with Crippen molar-refractivity contribution < 1.29 is 32.9 Å². The molecule has 0 aromatic rings. The zero-order valence-electron chi connectivity index (χ0n) is 47.5. The molecule has 0 aromatic carbocycles. The van der Waals surface area contributed by atoms with Crippen molar-refractivity contribution in [1.82, 2.24) is 5.32 Å². The molecule has 0 heterocycles. The highest BCUT2D eigenvalue weighted by atomic mass is 31.2. The molecule has 3 atom stereocenters. The van der Waals surface area contributed by atoms with Crippen molar-refractivity contribution in [2.45, 2.75) is 238 Å². The van der Waals surface area contributed by atoms with Gasteiger partial charge in [0.15, 0.2) is 0 Å². The number of aliphatic hydroxyl groups is 1. The number of nitrogens with zero attached hydrogens (tertiary/aromatic N) is 1. The summed E-state index contributed by atoms with van der Waals surface area (Å²) in [5.74, 6) is -0.193. The van der Waals surface area contributed by atoms with Crippen molar-refractivity contribution in [3.8, 4) is 0 Å². The van der Waals surface area contributed by atoms with Crippen LogP contribution in [0, 0.1) is 0 Å². The molecule has 0 spiro atoms. The Balaban J connectivity index is 4.24. The fourth-order valence-corrected chi connectivity index (χ4v) is 8.61. The van der Waals surface area contributed by atoms with E-state index in [1.165, 1.54) is 83.5 Å². The molecule has 0 aliphatic carbocycles. The second-order valence-electron chi connectivity index (χ2n) is 20.6. The summed E-state index contributed by atoms with van der Waals surface area (Å²) in [6.45, 7) is 4.58. The number of carbonyl (C=O) groups is 1. The van der Waals surface area contributed by atoms with Crippen LogP contribution in [0.2, 0.25) is 0 Å². The average Bonchev–Trinajstić information content (AvgIpc) is 3.35. The van der Waals surface area contributed by atoms with E-state index in [1.54, 1.807) is 0 Å². The summed E-state index contributed by atoms with van der Waals surface area (Å²) in [4.78, 5) is 25.5. The molecule has 0 radical (unpaired) electrons. The molecule has 0 aliphatic heterocycles. The van der Waals surface area contributed by atoms with Gasteiger partial charge in [-0.1, -0.05) is 251 Å². The molecule has 2 N–H and O–H groups in total. The van der Waals surface area contributed by atoms with Crippen molar-refractivity contribution in [2.24, 2.45) is 0 Å². The van der Waals surface area contributed by atoms with Crippen LogP contribution in [0.25, 0.3) is 0 Å². The Hall–Kier alpha value is -3.10. The van der Waals surface area contributed by atoms with Crippen LogP contribution in [-0.2, 0) is 18.4 Å². The van der Waals surface area contributed by atoms with Gasteiger partial charge in [0.05, 0.1) is 39.9 Å². The lowest BCUT2D eigenvalue weighted by Crippen LogP contribution is -2.46. The number of hydrogen-bond donors (Lipinski definition) is 2. The van der Waals surface area contributed by atoms with E-state index >= 15 is 0 Å². The summed E-state index contributed by atoms with van der Waals surface area (Å²) in [5.41, 5.74) is 0. The molecule has 73 heavy (non-hydrogen) atoms. The number of hydrogen-bond acceptors (Lipinski definition) is 6. The molecular weight excluding hydrogens is 924 g/mol. The maximum atomic E-state index is 13.0. The fraction of sp³-hybridized carbons (Fsp3) is 0.672. The summed E-state index contributed by atoms with van der Waals surface area (Å²) < 4.78 is 23.4. The van der Waals surface area contributed by atoms with E-state index in [2.05, 4.69) is 141 Å². The van der Waals surface area contributed by atoms with E-state index in [1.807, 2.05) is 21.1 Å². The molecule has 8 nitrogen and oxygen atoms in total. The quantitative estimate of drug-likeness (QED) is 0.0272. The number of unbranched alkanes of at least 4 members (excludes halogenated alkanes) is 19. The number of nitrogens with one attached hydrogen (secondary N) is 1. The minimum Gasteiger partial charge on any atom is -0.756 e. The number of aliphatic hydroxyl groups excluding tert-OH is 1. The van der Waals surface area contributed by atoms with Gasteiger partial charge >= 0.3 is 0 Å². The molecule has 3 unspecified atom stereocenters. The third-order valence-corrected chi connectivity index (χ3v) is 13.4. The Labute approximate surface area is 450 Å². The van der Waals surface area contributed by atoms with Crippen LogP contribution in [0.1, 0.15) is 226 Å². The Bertz CT molecular complexity index is 1600. The zero-order valence-corrected chi connectivity index (χ0v) is 48.4. The first-order valence-electron chi connectivity index (χ1n) is 29.4. The van der Waals surface area contributed by atoms with Crippen LogP contribution in [0.4, 0.5) is 0 Å². The topological polar surface area (TPSA) is 108 Å². The fourth-order valence-electron chi connectivity index (χ4n) is 7.89. The first-order chi connectivity index (χ1) is 35.5. The monoisotopic (exact) mass is 1030 g/mol. The van der Waals surface area contributed by atoms with Crippen LogP contribution < -0.4 is 10.2 Å². The molecule has 0 saturated heterocycles. The van der Waals surface area contributed by atoms with Crippen LogP contribution in [0.3, 0.4) is 0 Å². The second-order valence-corrected chi connectivity index (χ2v) is 22.0. The second kappa shape index (κ2) is 53.7. The minimum absolute atomic E-state index is 0.000493. The average molecular weight is 1040 g/mol. The lowest BCUT2D eigenvalue weighted by atomic mass is 10.0. The molecule has 418 valence electrons. The van der Waals surface area contributed by atoms with E-state index in [4.69, 9.17) is 9.05 Å². The summed E-state index contributed by atoms with van der Waals surface area (Å²) in [6.07, 6.45) is 79.4. The Morgan fingerprint density at radius 2 is 0.836 bits per heavy atom. The van der Waals surface area contributed by atoms with E-state index in [9.17, 15) is 19.4 Å². The summed E-state index contributed by atoms with van der Waals surface area (Å²) >= 11 is 0. The standard InChI is InChI=1S/C64H111N2O6P/c1-6-8-10-12-14-16-18-20-22-24-25-26-27-28-29-30-31-32-33-34-35-36-37-38-39-40-41-42-44-46-48-50-52-54-56-58-64(68)65-62(61-72-73(69,70)71-60-59-66(3,4)5)63(67)57-55-53-51-49-47-45-43-23-21-19-17-15-13-11-9-7-2/h8,10,14,16,20,22,25-26,28-29,31-32,34-35,37-38,40-41,44,46,62-63,67H,6-7,9,11-13,15,17-19,21,23-24,27,30,33,36,39,42-43,45,47-61H2,1-5H3,(H-,65,68,69,70)/b10-8-,16-14-,22-20-,26-25-,29-28-,32-31-,35-34-,38-37-,41-40-,46-44-.